The van der Waals surface area contributed by atoms with E-state index in [-0.39, 0.29) is 0 Å². The van der Waals surface area contributed by atoms with Gasteiger partial charge < -0.3 is 8.98 Å². The Morgan fingerprint density at radius 3 is 2.17 bits per heavy atom. The number of aromatic nitrogens is 1. The Morgan fingerprint density at radius 1 is 0.472 bits per heavy atom. The number of furan rings is 1. The van der Waals surface area contributed by atoms with Gasteiger partial charge in [0.25, 0.3) is 0 Å². The normalized spacial score (nSPS) is 11.9. The van der Waals surface area contributed by atoms with Gasteiger partial charge in [0.2, 0.25) is 0 Å². The molecule has 0 fully saturated rings. The fourth-order valence-corrected chi connectivity index (χ4v) is 5.69. The van der Waals surface area contributed by atoms with Gasteiger partial charge in [-0.25, -0.2) is 0 Å². The van der Waals surface area contributed by atoms with E-state index in [0.717, 1.165) is 33.1 Å². The zero-order valence-electron chi connectivity index (χ0n) is 19.5. The predicted molar refractivity (Wildman–Crippen MR) is 151 cm³/mol. The average molecular weight is 460 g/mol. The lowest BCUT2D eigenvalue weighted by atomic mass is 10.0. The van der Waals surface area contributed by atoms with Gasteiger partial charge in [0.15, 0.2) is 5.58 Å². The Bertz CT molecular complexity index is 2110. The third kappa shape index (κ3) is 2.73. The largest absolute Gasteiger partial charge is 0.454 e. The van der Waals surface area contributed by atoms with Crippen LogP contribution in [0.15, 0.2) is 132 Å². The summed E-state index contributed by atoms with van der Waals surface area (Å²) in [5.41, 5.74) is 7.67. The molecular weight excluding hydrogens is 438 g/mol. The summed E-state index contributed by atoms with van der Waals surface area (Å²) in [4.78, 5) is 0. The Morgan fingerprint density at radius 2 is 1.22 bits per heavy atom. The summed E-state index contributed by atoms with van der Waals surface area (Å²) >= 11 is 0. The van der Waals surface area contributed by atoms with Crippen molar-refractivity contribution in [3.63, 3.8) is 0 Å². The van der Waals surface area contributed by atoms with Crippen molar-refractivity contribution >= 4 is 54.5 Å². The zero-order chi connectivity index (χ0) is 23.6. The van der Waals surface area contributed by atoms with Crippen molar-refractivity contribution in [1.82, 2.24) is 4.57 Å². The van der Waals surface area contributed by atoms with E-state index in [0.29, 0.717) is 0 Å². The molecule has 2 nitrogen and oxygen atoms in total. The molecule has 8 aromatic rings. The first-order valence-electron chi connectivity index (χ1n) is 12.3. The number of para-hydroxylation sites is 2. The smallest absolute Gasteiger partial charge is 0.160 e. The van der Waals surface area contributed by atoms with E-state index < -0.39 is 0 Å². The maximum atomic E-state index is 6.50. The SMILES string of the molecule is c1cc(-c2ccc3ccccc3c2)cc(-n2c3ccccc3c3ccc4c5ccccc5oc4c32)c1. The second-order valence-corrected chi connectivity index (χ2v) is 9.40. The second-order valence-electron chi connectivity index (χ2n) is 9.40. The standard InChI is InChI=1S/C34H21NO/c1-2-9-23-20-25(17-16-22(23)8-1)24-10-7-11-26(21-24)35-31-14-5-3-12-27(31)29-18-19-30-28-13-4-6-15-32(28)36-34(30)33(29)35/h1-21H. The molecule has 0 N–H and O–H groups in total. The molecule has 168 valence electrons. The summed E-state index contributed by atoms with van der Waals surface area (Å²) in [7, 11) is 0. The Balaban J connectivity index is 1.45. The van der Waals surface area contributed by atoms with Crippen LogP contribution in [-0.4, -0.2) is 4.57 Å². The molecule has 0 amide bonds. The van der Waals surface area contributed by atoms with Crippen LogP contribution in [0.2, 0.25) is 0 Å². The highest BCUT2D eigenvalue weighted by Gasteiger charge is 2.18. The van der Waals surface area contributed by atoms with E-state index in [1.54, 1.807) is 0 Å². The van der Waals surface area contributed by atoms with Crippen LogP contribution in [0.4, 0.5) is 0 Å². The lowest BCUT2D eigenvalue weighted by molar-refractivity contribution is 0.671. The molecule has 0 spiro atoms. The van der Waals surface area contributed by atoms with Gasteiger partial charge in [-0.1, -0.05) is 91.0 Å². The zero-order valence-corrected chi connectivity index (χ0v) is 19.5. The highest BCUT2D eigenvalue weighted by molar-refractivity contribution is 6.21. The van der Waals surface area contributed by atoms with Gasteiger partial charge in [0, 0.05) is 27.2 Å². The van der Waals surface area contributed by atoms with Crippen LogP contribution in [0.25, 0.3) is 71.3 Å². The summed E-state index contributed by atoms with van der Waals surface area (Å²) in [6.45, 7) is 0. The fourth-order valence-electron chi connectivity index (χ4n) is 5.69. The molecule has 0 radical (unpaired) electrons. The number of nitrogens with zero attached hydrogens (tertiary/aromatic N) is 1. The molecule has 0 unspecified atom stereocenters. The van der Waals surface area contributed by atoms with Gasteiger partial charge in [0.05, 0.1) is 11.0 Å². The van der Waals surface area contributed by atoms with Gasteiger partial charge in [-0.2, -0.15) is 0 Å². The maximum absolute atomic E-state index is 6.50. The Hall–Kier alpha value is -4.82. The van der Waals surface area contributed by atoms with E-state index in [9.17, 15) is 0 Å². The molecule has 8 rings (SSSR count). The summed E-state index contributed by atoms with van der Waals surface area (Å²) in [5, 5.41) is 7.23. The van der Waals surface area contributed by atoms with Gasteiger partial charge in [0.1, 0.15) is 5.58 Å². The monoisotopic (exact) mass is 459 g/mol. The lowest BCUT2D eigenvalue weighted by Gasteiger charge is -2.11. The van der Waals surface area contributed by atoms with Crippen molar-refractivity contribution in [3.8, 4) is 16.8 Å². The van der Waals surface area contributed by atoms with Crippen LogP contribution >= 0.6 is 0 Å². The topological polar surface area (TPSA) is 18.1 Å². The van der Waals surface area contributed by atoms with Gasteiger partial charge in [-0.05, 0) is 58.3 Å². The molecule has 0 aliphatic heterocycles. The summed E-state index contributed by atoms with van der Waals surface area (Å²) in [6, 6.07) is 45.4. The number of rotatable bonds is 2. The van der Waals surface area contributed by atoms with Gasteiger partial charge in [-0.15, -0.1) is 0 Å². The Kier molecular flexibility index (Phi) is 3.97. The minimum Gasteiger partial charge on any atom is -0.454 e. The van der Waals surface area contributed by atoms with Crippen molar-refractivity contribution in [2.45, 2.75) is 0 Å². The predicted octanol–water partition coefficient (Wildman–Crippen LogP) is 9.50. The Labute approximate surface area is 207 Å². The van der Waals surface area contributed by atoms with Crippen LogP contribution in [0, 0.1) is 0 Å². The van der Waals surface area contributed by atoms with E-state index in [1.807, 2.05) is 6.07 Å². The van der Waals surface area contributed by atoms with E-state index in [4.69, 9.17) is 4.42 Å². The third-order valence-corrected chi connectivity index (χ3v) is 7.37. The van der Waals surface area contributed by atoms with Crippen LogP contribution in [0.1, 0.15) is 0 Å². The van der Waals surface area contributed by atoms with Crippen molar-refractivity contribution in [2.24, 2.45) is 0 Å². The molecule has 0 aliphatic carbocycles. The highest BCUT2D eigenvalue weighted by atomic mass is 16.3. The molecule has 0 aliphatic rings. The highest BCUT2D eigenvalue weighted by Crippen LogP contribution is 2.40. The molecule has 0 saturated carbocycles. The van der Waals surface area contributed by atoms with Crippen LogP contribution < -0.4 is 0 Å². The average Bonchev–Trinajstić information content (AvgIpc) is 3.49. The molecule has 36 heavy (non-hydrogen) atoms. The summed E-state index contributed by atoms with van der Waals surface area (Å²) < 4.78 is 8.86. The minimum atomic E-state index is 0.918. The minimum absolute atomic E-state index is 0.918. The van der Waals surface area contributed by atoms with E-state index in [1.165, 1.54) is 38.2 Å². The first kappa shape index (κ1) is 19.5. The lowest BCUT2D eigenvalue weighted by Crippen LogP contribution is -1.94. The van der Waals surface area contributed by atoms with Crippen molar-refractivity contribution < 1.29 is 4.42 Å². The van der Waals surface area contributed by atoms with E-state index >= 15 is 0 Å². The molecule has 2 heterocycles. The van der Waals surface area contributed by atoms with Gasteiger partial charge >= 0.3 is 0 Å². The van der Waals surface area contributed by atoms with Crippen LogP contribution in [0.5, 0.6) is 0 Å². The van der Waals surface area contributed by atoms with Crippen molar-refractivity contribution in [2.75, 3.05) is 0 Å². The van der Waals surface area contributed by atoms with Crippen LogP contribution in [0.3, 0.4) is 0 Å². The molecular formula is C34H21NO. The number of hydrogen-bond donors (Lipinski definition) is 0. The maximum Gasteiger partial charge on any atom is 0.160 e. The summed E-state index contributed by atoms with van der Waals surface area (Å²) in [6.07, 6.45) is 0. The molecule has 0 bridgehead atoms. The summed E-state index contributed by atoms with van der Waals surface area (Å²) in [5.74, 6) is 0. The molecule has 0 saturated heterocycles. The number of hydrogen-bond acceptors (Lipinski definition) is 1. The molecule has 2 aromatic heterocycles. The number of benzene rings is 6. The number of fused-ring (bicyclic) bond motifs is 8. The van der Waals surface area contributed by atoms with Gasteiger partial charge in [-0.3, -0.25) is 0 Å². The first-order chi connectivity index (χ1) is 17.8. The molecule has 0 atom stereocenters. The van der Waals surface area contributed by atoms with Crippen molar-refractivity contribution in [3.05, 3.63) is 127 Å². The van der Waals surface area contributed by atoms with Crippen LogP contribution in [-0.2, 0) is 0 Å². The quantitative estimate of drug-likeness (QED) is 0.252. The fraction of sp³-hybridized carbons (Fsp3) is 0. The first-order valence-corrected chi connectivity index (χ1v) is 12.3. The third-order valence-electron chi connectivity index (χ3n) is 7.37. The van der Waals surface area contributed by atoms with E-state index in [2.05, 4.69) is 126 Å². The molecule has 6 aromatic carbocycles. The molecule has 2 heteroatoms. The second kappa shape index (κ2) is 7.34. The van der Waals surface area contributed by atoms with Crippen molar-refractivity contribution in [1.29, 1.82) is 0 Å².